The molecule has 5 aromatic rings. The number of amides is 2. The monoisotopic (exact) mass is 633 g/mol. The van der Waals surface area contributed by atoms with Gasteiger partial charge in [0.05, 0.1) is 18.1 Å². The summed E-state index contributed by atoms with van der Waals surface area (Å²) in [5, 5.41) is 6.77. The number of halogens is 1. The van der Waals surface area contributed by atoms with Gasteiger partial charge in [0.1, 0.15) is 0 Å². The number of hydrazone groups is 1. The molecular weight excluding hydrogens is 609 g/mol. The van der Waals surface area contributed by atoms with E-state index in [9.17, 15) is 9.59 Å². The highest BCUT2D eigenvalue weighted by atomic mass is 127. The van der Waals surface area contributed by atoms with Crippen LogP contribution in [0.5, 0.6) is 0 Å². The number of hydrogen-bond acceptors (Lipinski definition) is 3. The first-order valence-corrected chi connectivity index (χ1v) is 14.6. The van der Waals surface area contributed by atoms with Crippen LogP contribution in [0, 0.1) is 15.4 Å². The van der Waals surface area contributed by atoms with Gasteiger partial charge in [-0.3, -0.25) is 9.59 Å². The molecule has 3 aliphatic carbocycles. The molecule has 6 heteroatoms. The van der Waals surface area contributed by atoms with Gasteiger partial charge < -0.3 is 4.57 Å². The van der Waals surface area contributed by atoms with E-state index in [1.54, 1.807) is 6.21 Å². The van der Waals surface area contributed by atoms with Crippen LogP contribution in [0.15, 0.2) is 108 Å². The number of fused-ring (bicyclic) bond motifs is 1. The summed E-state index contributed by atoms with van der Waals surface area (Å²) in [6.45, 7) is 0.719. The fourth-order valence-electron chi connectivity index (χ4n) is 7.19. The molecule has 1 aliphatic heterocycles. The smallest absolute Gasteiger partial charge is 0.254 e. The van der Waals surface area contributed by atoms with E-state index in [1.165, 1.54) is 9.13 Å². The summed E-state index contributed by atoms with van der Waals surface area (Å²) in [7, 11) is 0. The third-order valence-corrected chi connectivity index (χ3v) is 9.54. The number of hydrogen-bond donors (Lipinski definition) is 0. The summed E-state index contributed by atoms with van der Waals surface area (Å²) in [5.74, 6) is -1.52. The Bertz CT molecular complexity index is 1760. The topological polar surface area (TPSA) is 54.7 Å². The van der Waals surface area contributed by atoms with Gasteiger partial charge in [-0.2, -0.15) is 10.1 Å². The van der Waals surface area contributed by atoms with Crippen molar-refractivity contribution in [1.82, 2.24) is 9.58 Å². The van der Waals surface area contributed by atoms with E-state index >= 15 is 0 Å². The molecule has 0 radical (unpaired) electrons. The Morgan fingerprint density at radius 1 is 0.700 bits per heavy atom. The van der Waals surface area contributed by atoms with Crippen LogP contribution in [0.2, 0.25) is 0 Å². The van der Waals surface area contributed by atoms with Crippen LogP contribution in [0.1, 0.15) is 45.2 Å². The van der Waals surface area contributed by atoms with Gasteiger partial charge in [0, 0.05) is 44.6 Å². The van der Waals surface area contributed by atoms with E-state index in [4.69, 9.17) is 0 Å². The molecule has 2 bridgehead atoms. The van der Waals surface area contributed by atoms with E-state index < -0.39 is 11.8 Å². The molecule has 2 amide bonds. The molecule has 4 aliphatic rings. The van der Waals surface area contributed by atoms with Crippen LogP contribution in [0.25, 0.3) is 10.9 Å². The lowest BCUT2D eigenvalue weighted by Gasteiger charge is -2.45. The van der Waals surface area contributed by atoms with Crippen molar-refractivity contribution < 1.29 is 9.59 Å². The maximum absolute atomic E-state index is 13.9. The molecular formula is C34H24IN3O2. The second-order valence-corrected chi connectivity index (χ2v) is 12.1. The molecule has 5 nitrogen and oxygen atoms in total. The van der Waals surface area contributed by atoms with Crippen molar-refractivity contribution in [2.75, 3.05) is 0 Å². The first kappa shape index (κ1) is 23.8. The molecule has 0 saturated carbocycles. The number of benzene rings is 4. The third kappa shape index (κ3) is 3.41. The molecule has 40 heavy (non-hydrogen) atoms. The summed E-state index contributed by atoms with van der Waals surface area (Å²) in [4.78, 5) is 27.8. The highest BCUT2D eigenvalue weighted by Gasteiger charge is 2.61. The first-order valence-electron chi connectivity index (χ1n) is 13.5. The van der Waals surface area contributed by atoms with Gasteiger partial charge in [-0.1, -0.05) is 78.9 Å². The van der Waals surface area contributed by atoms with Gasteiger partial charge >= 0.3 is 0 Å². The van der Waals surface area contributed by atoms with Crippen LogP contribution in [0.3, 0.4) is 0 Å². The predicted molar refractivity (Wildman–Crippen MR) is 163 cm³/mol. The van der Waals surface area contributed by atoms with Gasteiger partial charge in [0.2, 0.25) is 0 Å². The molecule has 1 aromatic heterocycles. The fraction of sp³-hybridized carbons (Fsp3) is 0.147. The van der Waals surface area contributed by atoms with E-state index in [0.717, 1.165) is 50.3 Å². The quantitative estimate of drug-likeness (QED) is 0.129. The Labute approximate surface area is 245 Å². The fourth-order valence-corrected chi connectivity index (χ4v) is 7.55. The average Bonchev–Trinajstić information content (AvgIpc) is 3.47. The third-order valence-electron chi connectivity index (χ3n) is 8.82. The van der Waals surface area contributed by atoms with Gasteiger partial charge in [-0.15, -0.1) is 0 Å². The molecule has 0 N–H and O–H groups in total. The van der Waals surface area contributed by atoms with Crippen molar-refractivity contribution in [1.29, 1.82) is 0 Å². The minimum Gasteiger partial charge on any atom is -0.342 e. The lowest BCUT2D eigenvalue weighted by molar-refractivity contribution is -0.139. The first-order chi connectivity index (χ1) is 19.6. The Kier molecular flexibility index (Phi) is 5.35. The van der Waals surface area contributed by atoms with Crippen LogP contribution >= 0.6 is 22.6 Å². The van der Waals surface area contributed by atoms with E-state index in [1.807, 2.05) is 36.4 Å². The zero-order valence-electron chi connectivity index (χ0n) is 21.4. The number of carbonyl (C=O) groups excluding carboxylic acids is 2. The molecule has 2 heterocycles. The zero-order chi connectivity index (χ0) is 27.0. The summed E-state index contributed by atoms with van der Waals surface area (Å²) in [5.41, 5.74) is 7.82. The summed E-state index contributed by atoms with van der Waals surface area (Å²) < 4.78 is 3.39. The lowest BCUT2D eigenvalue weighted by atomic mass is 9.55. The largest absolute Gasteiger partial charge is 0.342 e. The van der Waals surface area contributed by atoms with Crippen LogP contribution in [-0.4, -0.2) is 27.6 Å². The maximum atomic E-state index is 13.9. The number of aromatic nitrogens is 1. The lowest BCUT2D eigenvalue weighted by Crippen LogP contribution is -2.41. The van der Waals surface area contributed by atoms with Crippen molar-refractivity contribution in [3.8, 4) is 0 Å². The predicted octanol–water partition coefficient (Wildman–Crippen LogP) is 6.52. The molecule has 1 fully saturated rings. The Morgan fingerprint density at radius 3 is 1.80 bits per heavy atom. The molecule has 0 spiro atoms. The number of rotatable bonds is 4. The maximum Gasteiger partial charge on any atom is 0.254 e. The molecule has 1 saturated heterocycles. The van der Waals surface area contributed by atoms with Gasteiger partial charge in [0.25, 0.3) is 11.8 Å². The second-order valence-electron chi connectivity index (χ2n) is 10.9. The normalized spacial score (nSPS) is 22.7. The summed E-state index contributed by atoms with van der Waals surface area (Å²) in [6, 6.07) is 33.2. The summed E-state index contributed by atoms with van der Waals surface area (Å²) >= 11 is 2.31. The highest BCUT2D eigenvalue weighted by Crippen LogP contribution is 2.60. The Balaban J connectivity index is 1.16. The molecule has 2 atom stereocenters. The van der Waals surface area contributed by atoms with E-state index in [0.29, 0.717) is 0 Å². The molecule has 194 valence electrons. The van der Waals surface area contributed by atoms with Crippen molar-refractivity contribution in [2.45, 2.75) is 18.4 Å². The SMILES string of the molecule is O=C1[C@H]2C3c4ccccc4C(c4ccccc43)[C@@H]2C(=O)N1/N=C\c1cn(Cc2ccc(I)cc2)c2ccccc12. The number of imide groups is 1. The van der Waals surface area contributed by atoms with Crippen molar-refractivity contribution in [2.24, 2.45) is 16.9 Å². The summed E-state index contributed by atoms with van der Waals surface area (Å²) in [6.07, 6.45) is 3.74. The highest BCUT2D eigenvalue weighted by molar-refractivity contribution is 14.1. The number of para-hydroxylation sites is 1. The molecule has 4 aromatic carbocycles. The average molecular weight is 633 g/mol. The van der Waals surface area contributed by atoms with Gasteiger partial charge in [-0.25, -0.2) is 0 Å². The minimum absolute atomic E-state index is 0.130. The molecule has 9 rings (SSSR count). The van der Waals surface area contributed by atoms with Crippen LogP contribution in [-0.2, 0) is 16.1 Å². The van der Waals surface area contributed by atoms with E-state index in [-0.39, 0.29) is 23.7 Å². The van der Waals surface area contributed by atoms with Crippen molar-refractivity contribution >= 4 is 51.5 Å². The van der Waals surface area contributed by atoms with Crippen LogP contribution < -0.4 is 0 Å². The van der Waals surface area contributed by atoms with Gasteiger partial charge in [-0.05, 0) is 68.6 Å². The zero-order valence-corrected chi connectivity index (χ0v) is 23.6. The van der Waals surface area contributed by atoms with Crippen LogP contribution in [0.4, 0.5) is 0 Å². The standard InChI is InChI=1S/C34H24IN3O2/c35-22-15-13-20(14-16-22)18-37-19-21(23-7-5-6-12-28(23)37)17-36-38-33(39)31-29-24-8-1-2-9-25(24)30(32(31)34(38)40)27-11-4-3-10-26(27)29/h1-17,19,29-32H,18H2/b36-17-/t29?,30?,31-,32-/m0/s1. The Hall–Kier alpha value is -4.04. The molecule has 0 unspecified atom stereocenters. The number of nitrogens with zero attached hydrogens (tertiary/aromatic N) is 3. The van der Waals surface area contributed by atoms with Gasteiger partial charge in [0.15, 0.2) is 0 Å². The Morgan fingerprint density at radius 2 is 1.23 bits per heavy atom. The van der Waals surface area contributed by atoms with Crippen molar-refractivity contribution in [3.63, 3.8) is 0 Å². The van der Waals surface area contributed by atoms with E-state index in [2.05, 4.69) is 99.1 Å². The number of carbonyl (C=O) groups is 2. The second kappa shape index (κ2) is 8.99. The van der Waals surface area contributed by atoms with Crippen molar-refractivity contribution in [3.05, 3.63) is 140 Å². The minimum atomic E-state index is -0.429.